The molecule has 0 radical (unpaired) electrons. The topological polar surface area (TPSA) is 33.3 Å². The van der Waals surface area contributed by atoms with Gasteiger partial charge >= 0.3 is 0 Å². The second kappa shape index (κ2) is 5.18. The lowest BCUT2D eigenvalue weighted by atomic mass is 9.86. The van der Waals surface area contributed by atoms with Gasteiger partial charge in [-0.25, -0.2) is 8.78 Å². The minimum absolute atomic E-state index is 0.167. The van der Waals surface area contributed by atoms with E-state index in [9.17, 15) is 8.78 Å². The Balaban J connectivity index is 2.24. The third-order valence-corrected chi connectivity index (χ3v) is 2.57. The van der Waals surface area contributed by atoms with Crippen LogP contribution in [0.2, 0.25) is 0 Å². The largest absolute Gasteiger partial charge is 0.356 e. The first-order valence-corrected chi connectivity index (χ1v) is 5.26. The van der Waals surface area contributed by atoms with Gasteiger partial charge in [0.1, 0.15) is 12.8 Å². The lowest BCUT2D eigenvalue weighted by molar-refractivity contribution is -0.0487. The van der Waals surface area contributed by atoms with E-state index in [0.717, 1.165) is 6.54 Å². The molecule has 15 heavy (non-hydrogen) atoms. The van der Waals surface area contributed by atoms with Crippen molar-refractivity contribution in [2.45, 2.75) is 39.5 Å². The molecule has 0 aromatic carbocycles. The van der Waals surface area contributed by atoms with E-state index < -0.39 is 13.0 Å². The summed E-state index contributed by atoms with van der Waals surface area (Å²) in [6.07, 6.45) is -2.69. The Morgan fingerprint density at radius 1 is 1.27 bits per heavy atom. The molecule has 1 fully saturated rings. The molecule has 1 saturated heterocycles. The number of hydrogen-bond donors (Lipinski definition) is 2. The Kier molecular flexibility index (Phi) is 4.43. The number of rotatable bonds is 3. The van der Waals surface area contributed by atoms with E-state index in [1.807, 2.05) is 0 Å². The van der Waals surface area contributed by atoms with Crippen LogP contribution in [0.4, 0.5) is 8.78 Å². The zero-order chi connectivity index (χ0) is 11.5. The second-order valence-electron chi connectivity index (χ2n) is 4.95. The number of halogens is 2. The van der Waals surface area contributed by atoms with Crippen molar-refractivity contribution in [2.75, 3.05) is 19.7 Å². The fraction of sp³-hybridized carbons (Fsp3) is 1.00. The zero-order valence-corrected chi connectivity index (χ0v) is 9.52. The van der Waals surface area contributed by atoms with Crippen LogP contribution in [0.15, 0.2) is 0 Å². The van der Waals surface area contributed by atoms with Crippen molar-refractivity contribution >= 4 is 0 Å². The highest BCUT2D eigenvalue weighted by Crippen LogP contribution is 2.20. The molecule has 90 valence electrons. The first-order valence-electron chi connectivity index (χ1n) is 5.26. The van der Waals surface area contributed by atoms with Crippen molar-refractivity contribution in [1.29, 1.82) is 0 Å². The van der Waals surface area contributed by atoms with E-state index in [1.54, 1.807) is 0 Å². The second-order valence-corrected chi connectivity index (χ2v) is 4.95. The van der Waals surface area contributed by atoms with E-state index >= 15 is 0 Å². The fourth-order valence-electron chi connectivity index (χ4n) is 1.56. The number of hydrogen-bond acceptors (Lipinski definition) is 3. The Labute approximate surface area is 89.6 Å². The first-order chi connectivity index (χ1) is 6.89. The molecular weight excluding hydrogens is 202 g/mol. The molecule has 0 aromatic rings. The highest BCUT2D eigenvalue weighted by atomic mass is 19.3. The molecule has 0 aliphatic carbocycles. The van der Waals surface area contributed by atoms with E-state index in [4.69, 9.17) is 4.74 Å². The fourth-order valence-corrected chi connectivity index (χ4v) is 1.56. The predicted octanol–water partition coefficient (Wildman–Crippen LogP) is 1.20. The Morgan fingerprint density at radius 3 is 2.33 bits per heavy atom. The summed E-state index contributed by atoms with van der Waals surface area (Å²) in [4.78, 5) is 0. The summed E-state index contributed by atoms with van der Waals surface area (Å²) in [5.41, 5.74) is 0.167. The molecular formula is C10H20F2N2O. The summed E-state index contributed by atoms with van der Waals surface area (Å²) in [5.74, 6) is 0. The van der Waals surface area contributed by atoms with Crippen LogP contribution < -0.4 is 10.6 Å². The summed E-state index contributed by atoms with van der Waals surface area (Å²) in [7, 11) is 0. The first kappa shape index (κ1) is 12.8. The van der Waals surface area contributed by atoms with Gasteiger partial charge < -0.3 is 10.1 Å². The summed E-state index contributed by atoms with van der Waals surface area (Å²) in [6, 6.07) is 0.351. The highest BCUT2D eigenvalue weighted by Gasteiger charge is 2.29. The van der Waals surface area contributed by atoms with Crippen molar-refractivity contribution in [3.63, 3.8) is 0 Å². The van der Waals surface area contributed by atoms with E-state index in [1.165, 1.54) is 0 Å². The van der Waals surface area contributed by atoms with Gasteiger partial charge in [-0.15, -0.1) is 0 Å². The number of alkyl halides is 2. The molecule has 1 aliphatic rings. The molecule has 0 aromatic heterocycles. The van der Waals surface area contributed by atoms with Crippen LogP contribution in [-0.2, 0) is 4.74 Å². The number of nitrogens with one attached hydrogen (secondary N) is 2. The quantitative estimate of drug-likeness (QED) is 0.753. The Hall–Kier alpha value is -0.260. The maximum Gasteiger partial charge on any atom is 0.261 e. The lowest BCUT2D eigenvalue weighted by Gasteiger charge is -2.38. The summed E-state index contributed by atoms with van der Waals surface area (Å²) in [6.45, 7) is 7.26. The van der Waals surface area contributed by atoms with Gasteiger partial charge in [0.2, 0.25) is 0 Å². The molecule has 2 N–H and O–H groups in total. The third-order valence-electron chi connectivity index (χ3n) is 2.57. The molecule has 0 amide bonds. The maximum absolute atomic E-state index is 11.9. The van der Waals surface area contributed by atoms with Crippen LogP contribution in [0.1, 0.15) is 20.8 Å². The molecule has 5 heteroatoms. The van der Waals surface area contributed by atoms with E-state index in [-0.39, 0.29) is 11.6 Å². The normalized spacial score (nSPS) is 28.4. The van der Waals surface area contributed by atoms with Gasteiger partial charge in [-0.2, -0.15) is 0 Å². The summed E-state index contributed by atoms with van der Waals surface area (Å²) < 4.78 is 28.7. The smallest absolute Gasteiger partial charge is 0.261 e. The average molecular weight is 222 g/mol. The predicted molar refractivity (Wildman–Crippen MR) is 55.0 cm³/mol. The van der Waals surface area contributed by atoms with Crippen molar-refractivity contribution in [3.8, 4) is 0 Å². The van der Waals surface area contributed by atoms with Gasteiger partial charge in [0.15, 0.2) is 0 Å². The summed E-state index contributed by atoms with van der Waals surface area (Å²) in [5, 5.41) is 6.41. The minimum Gasteiger partial charge on any atom is -0.356 e. The number of ether oxygens (including phenoxy) is 1. The number of piperazine rings is 1. The molecule has 1 heterocycles. The van der Waals surface area contributed by atoms with E-state index in [2.05, 4.69) is 31.4 Å². The third kappa shape index (κ3) is 4.40. The molecule has 0 bridgehead atoms. The highest BCUT2D eigenvalue weighted by molar-refractivity contribution is 4.87. The molecule has 2 unspecified atom stereocenters. The molecule has 3 nitrogen and oxygen atoms in total. The molecule has 1 rings (SSSR count). The van der Waals surface area contributed by atoms with Crippen LogP contribution in [0.5, 0.6) is 0 Å². The Morgan fingerprint density at radius 2 is 1.93 bits per heavy atom. The van der Waals surface area contributed by atoms with Crippen molar-refractivity contribution in [2.24, 2.45) is 5.41 Å². The van der Waals surface area contributed by atoms with Gasteiger partial charge in [0.05, 0.1) is 0 Å². The zero-order valence-electron chi connectivity index (χ0n) is 9.52. The van der Waals surface area contributed by atoms with Gasteiger partial charge in [-0.3, -0.25) is 5.32 Å². The Bertz CT molecular complexity index is 186. The standard InChI is InChI=1S/C10H20F2N2O/c1-10(2,3)7-4-14-9(5-13-7)15-6-8(11)12/h7-9,13-14H,4-6H2,1-3H3. The van der Waals surface area contributed by atoms with Gasteiger partial charge in [-0.05, 0) is 5.41 Å². The SMILES string of the molecule is CC(C)(C)C1CNC(OCC(F)F)CN1. The van der Waals surface area contributed by atoms with Gasteiger partial charge in [0, 0.05) is 19.1 Å². The van der Waals surface area contributed by atoms with Crippen LogP contribution >= 0.6 is 0 Å². The maximum atomic E-state index is 11.9. The van der Waals surface area contributed by atoms with Crippen molar-refractivity contribution < 1.29 is 13.5 Å². The molecule has 0 saturated carbocycles. The van der Waals surface area contributed by atoms with Crippen molar-refractivity contribution in [1.82, 2.24) is 10.6 Å². The molecule has 1 aliphatic heterocycles. The van der Waals surface area contributed by atoms with Gasteiger partial charge in [0.25, 0.3) is 6.43 Å². The average Bonchev–Trinajstić information content (AvgIpc) is 2.14. The van der Waals surface area contributed by atoms with Crippen molar-refractivity contribution in [3.05, 3.63) is 0 Å². The van der Waals surface area contributed by atoms with Crippen LogP contribution in [0.3, 0.4) is 0 Å². The van der Waals surface area contributed by atoms with Crippen LogP contribution in [0.25, 0.3) is 0 Å². The van der Waals surface area contributed by atoms with Crippen LogP contribution in [-0.4, -0.2) is 38.4 Å². The lowest BCUT2D eigenvalue weighted by Crippen LogP contribution is -2.59. The van der Waals surface area contributed by atoms with Gasteiger partial charge in [-0.1, -0.05) is 20.8 Å². The van der Waals surface area contributed by atoms with E-state index in [0.29, 0.717) is 12.6 Å². The monoisotopic (exact) mass is 222 g/mol. The molecule has 2 atom stereocenters. The summed E-state index contributed by atoms with van der Waals surface area (Å²) >= 11 is 0. The molecule has 0 spiro atoms. The van der Waals surface area contributed by atoms with Crippen LogP contribution in [0, 0.1) is 5.41 Å². The minimum atomic E-state index is -2.40.